The lowest BCUT2D eigenvalue weighted by atomic mass is 10.3. The molecule has 5 nitrogen and oxygen atoms in total. The maximum atomic E-state index is 12.6. The quantitative estimate of drug-likeness (QED) is 0.511. The lowest BCUT2D eigenvalue weighted by molar-refractivity contribution is 0.102. The normalized spacial score (nSPS) is 10.8. The zero-order valence-corrected chi connectivity index (χ0v) is 17.0. The molecule has 0 spiro atoms. The molecule has 0 saturated heterocycles. The second kappa shape index (κ2) is 8.06. The first-order valence-corrected chi connectivity index (χ1v) is 9.47. The van der Waals surface area contributed by atoms with Crippen LogP contribution in [0.1, 0.15) is 10.5 Å². The smallest absolute Gasteiger partial charge is 0.275 e. The summed E-state index contributed by atoms with van der Waals surface area (Å²) < 4.78 is 1.88. The molecule has 0 atom stereocenters. The number of nitrogens with one attached hydrogen (secondary N) is 1. The van der Waals surface area contributed by atoms with E-state index in [2.05, 4.69) is 15.3 Å². The molecule has 0 fully saturated rings. The van der Waals surface area contributed by atoms with Gasteiger partial charge in [-0.2, -0.15) is 0 Å². The zero-order valence-electron chi connectivity index (χ0n) is 13.1. The molecule has 3 aromatic rings. The van der Waals surface area contributed by atoms with E-state index in [1.165, 1.54) is 11.8 Å². The highest BCUT2D eigenvalue weighted by Gasteiger charge is 2.21. The summed E-state index contributed by atoms with van der Waals surface area (Å²) in [6.45, 7) is 0. The number of nitrogens with zero attached hydrogens (tertiary/aromatic N) is 3. The summed E-state index contributed by atoms with van der Waals surface area (Å²) in [6.07, 6.45) is 3.54. The van der Waals surface area contributed by atoms with Crippen LogP contribution in [0.3, 0.4) is 0 Å². The van der Waals surface area contributed by atoms with Crippen LogP contribution in [0, 0.1) is 0 Å². The molecule has 2 aromatic heterocycles. The summed E-state index contributed by atoms with van der Waals surface area (Å²) in [4.78, 5) is 21.6. The number of carbonyl (C=O) groups is 1. The fourth-order valence-electron chi connectivity index (χ4n) is 2.03. The van der Waals surface area contributed by atoms with Gasteiger partial charge in [0.2, 0.25) is 0 Å². The number of halogens is 4. The first-order valence-electron chi connectivity index (χ1n) is 7.14. The Morgan fingerprint density at radius 2 is 1.85 bits per heavy atom. The summed E-state index contributed by atoms with van der Waals surface area (Å²) in [5.74, 6) is -0.552. The third kappa shape index (κ3) is 3.94. The van der Waals surface area contributed by atoms with Crippen LogP contribution < -0.4 is 5.32 Å². The number of carbonyl (C=O) groups excluding carboxylic acids is 1. The predicted molar refractivity (Wildman–Crippen MR) is 106 cm³/mol. The van der Waals surface area contributed by atoms with Gasteiger partial charge in [-0.3, -0.25) is 4.79 Å². The maximum Gasteiger partial charge on any atom is 0.275 e. The molecule has 10 heteroatoms. The average molecular weight is 448 g/mol. The van der Waals surface area contributed by atoms with Gasteiger partial charge in [0.1, 0.15) is 10.8 Å². The van der Waals surface area contributed by atoms with Gasteiger partial charge in [0.05, 0.1) is 20.8 Å². The number of aryl methyl sites for hydroxylation is 1. The van der Waals surface area contributed by atoms with Gasteiger partial charge in [-0.25, -0.2) is 9.97 Å². The molecule has 1 amide bonds. The minimum Gasteiger partial charge on any atom is -0.329 e. The maximum absolute atomic E-state index is 12.6. The highest BCUT2D eigenvalue weighted by Crippen LogP contribution is 2.37. The number of benzene rings is 1. The zero-order chi connectivity index (χ0) is 18.8. The van der Waals surface area contributed by atoms with Crippen LogP contribution in [0.2, 0.25) is 20.2 Å². The number of para-hydroxylation sites is 1. The fourth-order valence-corrected chi connectivity index (χ4v) is 3.73. The summed E-state index contributed by atoms with van der Waals surface area (Å²) in [6, 6.07) is 7.29. The first kappa shape index (κ1) is 19.3. The Labute approximate surface area is 173 Å². The Bertz CT molecular complexity index is 992. The number of pyridine rings is 1. The van der Waals surface area contributed by atoms with E-state index in [9.17, 15) is 4.79 Å². The van der Waals surface area contributed by atoms with Crippen LogP contribution in [0.5, 0.6) is 0 Å². The standard InChI is InChI=1S/C16H10Cl4N4OS/c1-24-7-6-21-16(24)26-9-5-3-2-4-8(9)22-15(25)13-11(18)10(17)12(19)14(20)23-13/h2-7H,1H3,(H,22,25). The lowest BCUT2D eigenvalue weighted by Gasteiger charge is -2.12. The summed E-state index contributed by atoms with van der Waals surface area (Å²) in [5.41, 5.74) is 0.466. The molecule has 2 heterocycles. The van der Waals surface area contributed by atoms with Crippen LogP contribution >= 0.6 is 58.2 Å². The van der Waals surface area contributed by atoms with E-state index in [0.717, 1.165) is 10.1 Å². The van der Waals surface area contributed by atoms with Crippen molar-refractivity contribution in [1.29, 1.82) is 0 Å². The molecule has 26 heavy (non-hydrogen) atoms. The Kier molecular flexibility index (Phi) is 5.99. The molecule has 0 saturated carbocycles. The second-order valence-electron chi connectivity index (χ2n) is 5.07. The van der Waals surface area contributed by atoms with E-state index in [4.69, 9.17) is 46.4 Å². The van der Waals surface area contributed by atoms with E-state index in [1.54, 1.807) is 18.3 Å². The molecule has 0 aliphatic carbocycles. The minimum absolute atomic E-state index is 0.000575. The van der Waals surface area contributed by atoms with Crippen LogP contribution in [0.25, 0.3) is 0 Å². The Morgan fingerprint density at radius 3 is 2.54 bits per heavy atom. The molecule has 0 unspecified atom stereocenters. The van der Waals surface area contributed by atoms with E-state index in [1.807, 2.05) is 29.9 Å². The first-order chi connectivity index (χ1) is 12.4. The van der Waals surface area contributed by atoms with E-state index in [0.29, 0.717) is 5.69 Å². The van der Waals surface area contributed by atoms with Crippen molar-refractivity contribution < 1.29 is 4.79 Å². The topological polar surface area (TPSA) is 59.8 Å². The van der Waals surface area contributed by atoms with E-state index in [-0.39, 0.29) is 25.9 Å². The number of hydrogen-bond acceptors (Lipinski definition) is 4. The molecule has 0 aliphatic rings. The molecule has 3 rings (SSSR count). The van der Waals surface area contributed by atoms with Crippen molar-refractivity contribution in [2.45, 2.75) is 10.1 Å². The largest absolute Gasteiger partial charge is 0.329 e. The molecule has 1 N–H and O–H groups in total. The van der Waals surface area contributed by atoms with Gasteiger partial charge in [-0.05, 0) is 23.9 Å². The van der Waals surface area contributed by atoms with Gasteiger partial charge >= 0.3 is 0 Å². The molecular formula is C16H10Cl4N4OS. The van der Waals surface area contributed by atoms with Gasteiger partial charge in [-0.15, -0.1) is 0 Å². The lowest BCUT2D eigenvalue weighted by Crippen LogP contribution is -2.15. The van der Waals surface area contributed by atoms with Crippen molar-refractivity contribution in [3.8, 4) is 0 Å². The van der Waals surface area contributed by atoms with Gasteiger partial charge < -0.3 is 9.88 Å². The van der Waals surface area contributed by atoms with E-state index >= 15 is 0 Å². The van der Waals surface area contributed by atoms with Crippen LogP contribution in [0.15, 0.2) is 46.7 Å². The summed E-state index contributed by atoms with van der Waals surface area (Å²) in [5, 5.41) is 3.37. The van der Waals surface area contributed by atoms with E-state index < -0.39 is 5.91 Å². The van der Waals surface area contributed by atoms with Crippen molar-refractivity contribution in [3.05, 3.63) is 62.6 Å². The number of rotatable bonds is 4. The summed E-state index contributed by atoms with van der Waals surface area (Å²) >= 11 is 25.3. The highest BCUT2D eigenvalue weighted by molar-refractivity contribution is 7.99. The number of imidazole rings is 1. The third-order valence-corrected chi connectivity index (χ3v) is 6.14. The second-order valence-corrected chi connectivity index (χ2v) is 7.57. The van der Waals surface area contributed by atoms with Crippen LogP contribution in [-0.4, -0.2) is 20.4 Å². The molecule has 1 aromatic carbocycles. The molecule has 0 aliphatic heterocycles. The van der Waals surface area contributed by atoms with Crippen molar-refractivity contribution in [1.82, 2.24) is 14.5 Å². The number of aromatic nitrogens is 3. The van der Waals surface area contributed by atoms with Crippen molar-refractivity contribution in [2.24, 2.45) is 7.05 Å². The summed E-state index contributed by atoms with van der Waals surface area (Å²) in [7, 11) is 1.89. The van der Waals surface area contributed by atoms with Crippen molar-refractivity contribution in [3.63, 3.8) is 0 Å². The minimum atomic E-state index is -0.552. The highest BCUT2D eigenvalue weighted by atomic mass is 35.5. The fraction of sp³-hybridized carbons (Fsp3) is 0.0625. The number of hydrogen-bond donors (Lipinski definition) is 1. The number of anilines is 1. The monoisotopic (exact) mass is 446 g/mol. The van der Waals surface area contributed by atoms with Crippen LogP contribution in [-0.2, 0) is 7.05 Å². The Hall–Kier alpha value is -1.44. The predicted octanol–water partition coefficient (Wildman–Crippen LogP) is 5.83. The molecule has 134 valence electrons. The van der Waals surface area contributed by atoms with Crippen molar-refractivity contribution in [2.75, 3.05) is 5.32 Å². The van der Waals surface area contributed by atoms with Gasteiger partial charge in [0, 0.05) is 24.3 Å². The van der Waals surface area contributed by atoms with Crippen molar-refractivity contribution >= 4 is 69.8 Å². The van der Waals surface area contributed by atoms with Gasteiger partial charge in [0.25, 0.3) is 5.91 Å². The molecular weight excluding hydrogens is 438 g/mol. The van der Waals surface area contributed by atoms with Gasteiger partial charge in [-0.1, -0.05) is 58.5 Å². The average Bonchev–Trinajstić information content (AvgIpc) is 3.02. The Morgan fingerprint density at radius 1 is 1.12 bits per heavy atom. The Balaban J connectivity index is 1.90. The van der Waals surface area contributed by atoms with Crippen LogP contribution in [0.4, 0.5) is 5.69 Å². The number of amides is 1. The molecule has 0 radical (unpaired) electrons. The SMILES string of the molecule is Cn1ccnc1Sc1ccccc1NC(=O)c1nc(Cl)c(Cl)c(Cl)c1Cl. The van der Waals surface area contributed by atoms with Gasteiger partial charge in [0.15, 0.2) is 5.16 Å². The molecule has 0 bridgehead atoms. The third-order valence-electron chi connectivity index (χ3n) is 3.31.